The van der Waals surface area contributed by atoms with Gasteiger partial charge in [0.2, 0.25) is 0 Å². The largest absolute Gasteiger partial charge is 0.544 e. The van der Waals surface area contributed by atoms with Crippen LogP contribution in [0.25, 0.3) is 0 Å². The monoisotopic (exact) mass is 790 g/mol. The van der Waals surface area contributed by atoms with Crippen LogP contribution in [0.5, 0.6) is 0 Å². The molecule has 2 atom stereocenters. The van der Waals surface area contributed by atoms with Crippen LogP contribution in [0.3, 0.4) is 0 Å². The van der Waals surface area contributed by atoms with Gasteiger partial charge >= 0.3 is 11.9 Å². The molecule has 56 heavy (non-hydrogen) atoms. The molecule has 0 radical (unpaired) electrons. The number of carboxylic acids is 1. The first-order valence-electron chi connectivity index (χ1n) is 23.0. The van der Waals surface area contributed by atoms with Crippen molar-refractivity contribution in [3.63, 3.8) is 0 Å². The summed E-state index contributed by atoms with van der Waals surface area (Å²) in [5, 5.41) is 11.6. The smallest absolute Gasteiger partial charge is 0.306 e. The molecule has 0 aliphatic carbocycles. The Bertz CT molecular complexity index is 1020. The van der Waals surface area contributed by atoms with Gasteiger partial charge in [-0.2, -0.15) is 0 Å². The maximum Gasteiger partial charge on any atom is 0.306 e. The molecule has 0 saturated heterocycles. The van der Waals surface area contributed by atoms with E-state index in [1.165, 1.54) is 89.9 Å². The van der Waals surface area contributed by atoms with Crippen LogP contribution in [-0.4, -0.2) is 75.5 Å². The Morgan fingerprint density at radius 3 is 1.41 bits per heavy atom. The number of esters is 2. The molecule has 0 aromatic carbocycles. The van der Waals surface area contributed by atoms with E-state index in [1.807, 2.05) is 0 Å². The fourth-order valence-corrected chi connectivity index (χ4v) is 6.62. The zero-order valence-corrected chi connectivity index (χ0v) is 37.1. The molecule has 0 aromatic rings. The Morgan fingerprint density at radius 1 is 0.536 bits per heavy atom. The minimum atomic E-state index is -1.13. The standard InChI is InChI=1S/C48H87NO7/c1-6-8-10-12-14-16-18-20-22-24-26-28-30-32-34-36-38-46(50)55-43-44(42-54-41-40-45(48(52)53)49(3,4)5)56-47(51)39-37-35-33-31-29-27-25-23-21-19-17-15-13-11-9-7-2/h17,19,22-25,44-45H,6-16,18,20-21,26-43H2,1-5H3/b19-17-,24-22-,25-23-. The molecule has 0 rings (SSSR count). The quantitative estimate of drug-likeness (QED) is 0.0263. The molecule has 2 unspecified atom stereocenters. The lowest BCUT2D eigenvalue weighted by Gasteiger charge is -2.34. The molecule has 0 heterocycles. The van der Waals surface area contributed by atoms with Gasteiger partial charge in [-0.1, -0.05) is 147 Å². The van der Waals surface area contributed by atoms with Crippen molar-refractivity contribution in [1.29, 1.82) is 0 Å². The van der Waals surface area contributed by atoms with Crippen LogP contribution >= 0.6 is 0 Å². The predicted octanol–water partition coefficient (Wildman–Crippen LogP) is 11.3. The minimum Gasteiger partial charge on any atom is -0.544 e. The van der Waals surface area contributed by atoms with Crippen molar-refractivity contribution in [2.24, 2.45) is 0 Å². The molecule has 8 heteroatoms. The van der Waals surface area contributed by atoms with Crippen molar-refractivity contribution in [2.75, 3.05) is 41.0 Å². The first kappa shape index (κ1) is 53.6. The van der Waals surface area contributed by atoms with Gasteiger partial charge in [-0.3, -0.25) is 9.59 Å². The van der Waals surface area contributed by atoms with Crippen molar-refractivity contribution in [3.05, 3.63) is 36.5 Å². The summed E-state index contributed by atoms with van der Waals surface area (Å²) < 4.78 is 17.2. The maximum atomic E-state index is 12.7. The van der Waals surface area contributed by atoms with E-state index in [9.17, 15) is 19.5 Å². The Hall–Kier alpha value is -2.45. The summed E-state index contributed by atoms with van der Waals surface area (Å²) in [5.41, 5.74) is 0. The first-order chi connectivity index (χ1) is 27.1. The summed E-state index contributed by atoms with van der Waals surface area (Å²) >= 11 is 0. The fraction of sp³-hybridized carbons (Fsp3) is 0.812. The highest BCUT2D eigenvalue weighted by Gasteiger charge is 2.25. The van der Waals surface area contributed by atoms with Crippen LogP contribution in [0.15, 0.2) is 36.5 Å². The number of hydrogen-bond donors (Lipinski definition) is 0. The number of unbranched alkanes of at least 4 members (excludes halogenated alkanes) is 21. The zero-order valence-electron chi connectivity index (χ0n) is 37.1. The zero-order chi connectivity index (χ0) is 41.4. The lowest BCUT2D eigenvalue weighted by atomic mass is 10.1. The van der Waals surface area contributed by atoms with Gasteiger partial charge in [-0.25, -0.2) is 0 Å². The van der Waals surface area contributed by atoms with Crippen molar-refractivity contribution >= 4 is 17.9 Å². The van der Waals surface area contributed by atoms with E-state index in [1.54, 1.807) is 21.1 Å². The lowest BCUT2D eigenvalue weighted by molar-refractivity contribution is -0.889. The molecule has 0 N–H and O–H groups in total. The SMILES string of the molecule is CCCCCC/C=C\C/C=C\CCCCCCCC(=O)OC(COCCC(C(=O)[O-])[N+](C)(C)C)COC(=O)CCCCCCC/C=C\CCCCCCCCC. The number of allylic oxidation sites excluding steroid dienone is 6. The molecule has 0 bridgehead atoms. The number of hydrogen-bond acceptors (Lipinski definition) is 7. The molecule has 326 valence electrons. The summed E-state index contributed by atoms with van der Waals surface area (Å²) in [6.45, 7) is 4.63. The number of rotatable bonds is 41. The third kappa shape index (κ3) is 37.1. The number of likely N-dealkylation sites (N-methyl/N-ethyl adjacent to an activating group) is 1. The highest BCUT2D eigenvalue weighted by molar-refractivity contribution is 5.70. The predicted molar refractivity (Wildman–Crippen MR) is 231 cm³/mol. The summed E-state index contributed by atoms with van der Waals surface area (Å²) in [4.78, 5) is 36.9. The van der Waals surface area contributed by atoms with Crippen molar-refractivity contribution in [3.8, 4) is 0 Å². The van der Waals surface area contributed by atoms with Crippen LogP contribution < -0.4 is 5.11 Å². The summed E-state index contributed by atoms with van der Waals surface area (Å²) in [6, 6.07) is -0.729. The van der Waals surface area contributed by atoms with Crippen molar-refractivity contribution in [2.45, 2.75) is 212 Å². The summed E-state index contributed by atoms with van der Waals surface area (Å²) in [7, 11) is 5.40. The molecular weight excluding hydrogens is 703 g/mol. The number of nitrogens with zero attached hydrogens (tertiary/aromatic N) is 1. The molecule has 0 fully saturated rings. The van der Waals surface area contributed by atoms with Gasteiger partial charge in [-0.05, 0) is 70.6 Å². The summed E-state index contributed by atoms with van der Waals surface area (Å²) in [5.74, 6) is -1.76. The van der Waals surface area contributed by atoms with E-state index in [2.05, 4.69) is 50.3 Å². The molecule has 0 saturated carbocycles. The second kappa shape index (κ2) is 39.4. The lowest BCUT2D eigenvalue weighted by Crippen LogP contribution is -2.55. The maximum absolute atomic E-state index is 12.7. The Balaban J connectivity index is 4.36. The number of ether oxygens (including phenoxy) is 3. The fourth-order valence-electron chi connectivity index (χ4n) is 6.62. The van der Waals surface area contributed by atoms with Gasteiger partial charge in [0.1, 0.15) is 12.6 Å². The highest BCUT2D eigenvalue weighted by atomic mass is 16.6. The van der Waals surface area contributed by atoms with Crippen LogP contribution in [0.2, 0.25) is 0 Å². The molecule has 0 aliphatic heterocycles. The molecule has 0 aromatic heterocycles. The van der Waals surface area contributed by atoms with Crippen LogP contribution in [0, 0.1) is 0 Å². The van der Waals surface area contributed by atoms with E-state index in [-0.39, 0.29) is 42.7 Å². The van der Waals surface area contributed by atoms with E-state index in [0.717, 1.165) is 77.0 Å². The molecule has 0 spiro atoms. The van der Waals surface area contributed by atoms with Crippen LogP contribution in [0.1, 0.15) is 200 Å². The van der Waals surface area contributed by atoms with E-state index >= 15 is 0 Å². The average molecular weight is 790 g/mol. The van der Waals surface area contributed by atoms with E-state index < -0.39 is 18.1 Å². The number of aliphatic carboxylic acids is 1. The molecule has 0 amide bonds. The van der Waals surface area contributed by atoms with E-state index in [4.69, 9.17) is 14.2 Å². The van der Waals surface area contributed by atoms with Crippen molar-refractivity contribution in [1.82, 2.24) is 0 Å². The molecule has 0 aliphatic rings. The number of carboxylic acid groups (broad SMARTS) is 1. The normalized spacial score (nSPS) is 13.2. The minimum absolute atomic E-state index is 0.0334. The summed E-state index contributed by atoms with van der Waals surface area (Å²) in [6.07, 6.45) is 44.5. The second-order valence-electron chi connectivity index (χ2n) is 16.6. The highest BCUT2D eigenvalue weighted by Crippen LogP contribution is 2.13. The van der Waals surface area contributed by atoms with Gasteiger partial charge in [-0.15, -0.1) is 0 Å². The van der Waals surface area contributed by atoms with Crippen LogP contribution in [-0.2, 0) is 28.6 Å². The van der Waals surface area contributed by atoms with Gasteiger partial charge in [0.15, 0.2) is 6.10 Å². The Labute approximate surface area is 344 Å². The topological polar surface area (TPSA) is 102 Å². The average Bonchev–Trinajstić information content (AvgIpc) is 3.15. The van der Waals surface area contributed by atoms with Gasteiger partial charge < -0.3 is 28.6 Å². The van der Waals surface area contributed by atoms with E-state index in [0.29, 0.717) is 12.8 Å². The molecular formula is C48H87NO7. The van der Waals surface area contributed by atoms with Gasteiger partial charge in [0.25, 0.3) is 0 Å². The van der Waals surface area contributed by atoms with Crippen LogP contribution in [0.4, 0.5) is 0 Å². The third-order valence-electron chi connectivity index (χ3n) is 10.2. The third-order valence-corrected chi connectivity index (χ3v) is 10.2. The second-order valence-corrected chi connectivity index (χ2v) is 16.6. The van der Waals surface area contributed by atoms with Gasteiger partial charge in [0, 0.05) is 19.3 Å². The molecule has 8 nitrogen and oxygen atoms in total. The number of carbonyl (C=O) groups excluding carboxylic acids is 3. The van der Waals surface area contributed by atoms with Crippen molar-refractivity contribution < 1.29 is 38.2 Å². The Kier molecular flexibility index (Phi) is 37.7. The number of quaternary nitrogens is 1. The Morgan fingerprint density at radius 2 is 0.946 bits per heavy atom. The first-order valence-corrected chi connectivity index (χ1v) is 23.0. The van der Waals surface area contributed by atoms with Gasteiger partial charge in [0.05, 0.1) is 40.3 Å². The number of carbonyl (C=O) groups is 3.